The van der Waals surface area contributed by atoms with Crippen LogP contribution in [-0.4, -0.2) is 25.8 Å². The second-order valence-electron chi connectivity index (χ2n) is 17.0. The molecule has 0 aliphatic carbocycles. The molecule has 5 heteroatoms. The van der Waals surface area contributed by atoms with Crippen LogP contribution < -0.4 is 16.4 Å². The number of nitrogens with zero attached hydrogens (tertiary/aromatic N) is 4. The maximum atomic E-state index is 4.63. The molecule has 13 aromatic rings. The topological polar surface area (TPSA) is 35.6 Å². The fourth-order valence-corrected chi connectivity index (χ4v) is 10.3. The molecular weight excluding hydrogens is 787 g/mol. The van der Waals surface area contributed by atoms with Gasteiger partial charge in [0.2, 0.25) is 6.71 Å². The summed E-state index contributed by atoms with van der Waals surface area (Å²) >= 11 is 0. The number of rotatable bonds is 7. The molecule has 4 aromatic heterocycles. The molecule has 4 nitrogen and oxygen atoms in total. The van der Waals surface area contributed by atoms with E-state index in [2.05, 4.69) is 231 Å². The Morgan fingerprint density at radius 3 is 1.48 bits per heavy atom. The molecule has 0 N–H and O–H groups in total. The summed E-state index contributed by atoms with van der Waals surface area (Å²) in [6.07, 6.45) is 3.72. The molecule has 65 heavy (non-hydrogen) atoms. The Morgan fingerprint density at radius 1 is 0.323 bits per heavy atom. The lowest BCUT2D eigenvalue weighted by atomic mass is 9.36. The fraction of sp³-hybridized carbons (Fsp3) is 0. The predicted molar refractivity (Wildman–Crippen MR) is 274 cm³/mol. The van der Waals surface area contributed by atoms with Crippen molar-refractivity contribution < 1.29 is 0 Å². The van der Waals surface area contributed by atoms with Gasteiger partial charge in [0.15, 0.2) is 0 Å². The average Bonchev–Trinajstić information content (AvgIpc) is 3.90. The van der Waals surface area contributed by atoms with Crippen molar-refractivity contribution >= 4 is 88.5 Å². The third kappa shape index (κ3) is 6.16. The van der Waals surface area contributed by atoms with Crippen LogP contribution in [0.25, 0.3) is 99.0 Å². The summed E-state index contributed by atoms with van der Waals surface area (Å²) < 4.78 is 4.96. The summed E-state index contributed by atoms with van der Waals surface area (Å²) in [4.78, 5) is 9.26. The lowest BCUT2D eigenvalue weighted by molar-refractivity contribution is 1.17. The van der Waals surface area contributed by atoms with Gasteiger partial charge in [-0.1, -0.05) is 168 Å². The van der Waals surface area contributed by atoms with Gasteiger partial charge in [0.25, 0.3) is 0 Å². The highest BCUT2D eigenvalue weighted by Gasteiger charge is 2.25. The molecule has 0 atom stereocenters. The maximum Gasteiger partial charge on any atom is 0.241 e. The minimum Gasteiger partial charge on any atom is -0.309 e. The number of fused-ring (bicyclic) bond motifs is 9. The Hall–Kier alpha value is -8.54. The van der Waals surface area contributed by atoms with Crippen molar-refractivity contribution in [2.75, 3.05) is 0 Å². The molecule has 13 rings (SSSR count). The molecule has 0 radical (unpaired) electrons. The minimum atomic E-state index is -0.000768. The van der Waals surface area contributed by atoms with Crippen LogP contribution in [0.2, 0.25) is 0 Å². The highest BCUT2D eigenvalue weighted by molar-refractivity contribution is 6.95. The Bertz CT molecular complexity index is 3810. The van der Waals surface area contributed by atoms with E-state index in [0.29, 0.717) is 0 Å². The van der Waals surface area contributed by atoms with Crippen molar-refractivity contribution in [3.8, 4) is 33.6 Å². The fourth-order valence-electron chi connectivity index (χ4n) is 10.3. The molecule has 0 spiro atoms. The van der Waals surface area contributed by atoms with Gasteiger partial charge in [0.1, 0.15) is 0 Å². The van der Waals surface area contributed by atoms with Gasteiger partial charge < -0.3 is 9.13 Å². The summed E-state index contributed by atoms with van der Waals surface area (Å²) in [6.45, 7) is -0.000768. The van der Waals surface area contributed by atoms with Gasteiger partial charge in [-0.05, 0) is 106 Å². The van der Waals surface area contributed by atoms with E-state index in [1.165, 1.54) is 82.3 Å². The monoisotopic (exact) mass is 826 g/mol. The van der Waals surface area contributed by atoms with Gasteiger partial charge in [-0.2, -0.15) is 0 Å². The van der Waals surface area contributed by atoms with Crippen LogP contribution in [0.4, 0.5) is 0 Å². The van der Waals surface area contributed by atoms with Crippen LogP contribution >= 0.6 is 0 Å². The van der Waals surface area contributed by atoms with Gasteiger partial charge >= 0.3 is 0 Å². The number of hydrogen-bond donors (Lipinski definition) is 0. The van der Waals surface area contributed by atoms with Crippen LogP contribution in [0.3, 0.4) is 0 Å². The second-order valence-corrected chi connectivity index (χ2v) is 17.0. The van der Waals surface area contributed by atoms with Crippen molar-refractivity contribution in [3.05, 3.63) is 237 Å². The SMILES string of the molecule is c1ccc(-c2cc(-c3ccccc3)cc(-n3c4ccccc4c4ccc5c(c6ccccc6n5-c5ccc(B(c6ccc7ncccc7c6)c6ccc7ncccc7c6)cc5)c43)c2)cc1. The highest BCUT2D eigenvalue weighted by Crippen LogP contribution is 2.43. The summed E-state index contributed by atoms with van der Waals surface area (Å²) in [5, 5.41) is 7.18. The van der Waals surface area contributed by atoms with E-state index in [0.717, 1.165) is 33.2 Å². The van der Waals surface area contributed by atoms with Gasteiger partial charge in [-0.3, -0.25) is 9.97 Å². The highest BCUT2D eigenvalue weighted by atomic mass is 15.0. The molecule has 302 valence electrons. The minimum absolute atomic E-state index is 0.000768. The van der Waals surface area contributed by atoms with Crippen molar-refractivity contribution in [1.29, 1.82) is 0 Å². The molecule has 0 unspecified atom stereocenters. The molecule has 0 amide bonds. The third-order valence-electron chi connectivity index (χ3n) is 13.3. The summed E-state index contributed by atoms with van der Waals surface area (Å²) in [7, 11) is 0. The largest absolute Gasteiger partial charge is 0.309 e. The van der Waals surface area contributed by atoms with E-state index in [1.807, 2.05) is 24.5 Å². The summed E-state index contributed by atoms with van der Waals surface area (Å²) in [6, 6.07) is 81.9. The smallest absolute Gasteiger partial charge is 0.241 e. The molecule has 0 saturated carbocycles. The Balaban J connectivity index is 1.03. The van der Waals surface area contributed by atoms with Crippen molar-refractivity contribution in [2.24, 2.45) is 0 Å². The van der Waals surface area contributed by atoms with Crippen LogP contribution in [0.15, 0.2) is 237 Å². The van der Waals surface area contributed by atoms with Gasteiger partial charge in [-0.15, -0.1) is 0 Å². The van der Waals surface area contributed by atoms with Crippen molar-refractivity contribution in [3.63, 3.8) is 0 Å². The van der Waals surface area contributed by atoms with E-state index < -0.39 is 0 Å². The Kier molecular flexibility index (Phi) is 8.60. The first kappa shape index (κ1) is 37.1. The zero-order valence-corrected chi connectivity index (χ0v) is 35.4. The zero-order chi connectivity index (χ0) is 42.8. The molecule has 4 heterocycles. The number of benzene rings is 9. The number of hydrogen-bond acceptors (Lipinski definition) is 2. The number of para-hydroxylation sites is 2. The van der Waals surface area contributed by atoms with Crippen molar-refractivity contribution in [1.82, 2.24) is 19.1 Å². The summed E-state index contributed by atoms with van der Waals surface area (Å²) in [5.74, 6) is 0. The van der Waals surface area contributed by atoms with E-state index in [-0.39, 0.29) is 6.71 Å². The zero-order valence-electron chi connectivity index (χ0n) is 35.4. The second kappa shape index (κ2) is 15.1. The average molecular weight is 827 g/mol. The van der Waals surface area contributed by atoms with E-state index in [1.54, 1.807) is 0 Å². The molecule has 0 aliphatic rings. The van der Waals surface area contributed by atoms with E-state index in [4.69, 9.17) is 0 Å². The Morgan fingerprint density at radius 2 is 0.862 bits per heavy atom. The lowest BCUT2D eigenvalue weighted by Crippen LogP contribution is -2.52. The molecule has 0 fully saturated rings. The van der Waals surface area contributed by atoms with Crippen molar-refractivity contribution in [2.45, 2.75) is 0 Å². The van der Waals surface area contributed by atoms with E-state index in [9.17, 15) is 0 Å². The normalized spacial score (nSPS) is 11.7. The Labute approximate surface area is 376 Å². The molecular formula is C60H39BN4. The van der Waals surface area contributed by atoms with Gasteiger partial charge in [0, 0.05) is 45.3 Å². The van der Waals surface area contributed by atoms with Gasteiger partial charge in [-0.25, -0.2) is 0 Å². The quantitative estimate of drug-likeness (QED) is 0.150. The van der Waals surface area contributed by atoms with Crippen LogP contribution in [0.1, 0.15) is 0 Å². The first-order chi connectivity index (χ1) is 32.2. The van der Waals surface area contributed by atoms with Crippen LogP contribution in [-0.2, 0) is 0 Å². The first-order valence-corrected chi connectivity index (χ1v) is 22.2. The first-order valence-electron chi connectivity index (χ1n) is 22.2. The molecule has 0 aliphatic heterocycles. The predicted octanol–water partition coefficient (Wildman–Crippen LogP) is 12.8. The van der Waals surface area contributed by atoms with E-state index >= 15 is 0 Å². The number of pyridine rings is 2. The maximum absolute atomic E-state index is 4.63. The van der Waals surface area contributed by atoms with Crippen LogP contribution in [0, 0.1) is 0 Å². The summed E-state index contributed by atoms with van der Waals surface area (Å²) in [5.41, 5.74) is 17.4. The number of aromatic nitrogens is 4. The standard InChI is InChI=1S/C60H39BN4/c1-3-13-40(14-4-1)44-35-45(41-15-5-2-6-16-41)39-50(38-44)65-56-21-9-7-19-51(56)52-29-32-58-59(60(52)65)53-20-8-10-22-57(53)64(58)49-27-23-46(24-28-49)61(47-25-30-54-42(36-47)17-11-33-62-54)48-26-31-55-43(37-48)18-12-34-63-55/h1-39H. The van der Waals surface area contributed by atoms with Crippen LogP contribution in [0.5, 0.6) is 0 Å². The van der Waals surface area contributed by atoms with Gasteiger partial charge in [0.05, 0.1) is 33.1 Å². The lowest BCUT2D eigenvalue weighted by Gasteiger charge is -2.18. The molecule has 9 aromatic carbocycles. The molecule has 0 saturated heterocycles. The third-order valence-corrected chi connectivity index (χ3v) is 13.3. The molecule has 0 bridgehead atoms.